The van der Waals surface area contributed by atoms with Crippen molar-refractivity contribution in [2.24, 2.45) is 5.41 Å². The standard InChI is InChI=1S/C8H14O4/c1-6(9)12-5-8(2,3)4-7(10)11/h4-5H2,1-3H3,(H,10,11). The molecule has 0 aliphatic heterocycles. The summed E-state index contributed by atoms with van der Waals surface area (Å²) in [7, 11) is 0. The quantitative estimate of drug-likeness (QED) is 0.647. The van der Waals surface area contributed by atoms with Crippen molar-refractivity contribution < 1.29 is 19.4 Å². The van der Waals surface area contributed by atoms with Crippen LogP contribution in [0.2, 0.25) is 0 Å². The van der Waals surface area contributed by atoms with E-state index in [0.29, 0.717) is 0 Å². The molecule has 0 unspecified atom stereocenters. The summed E-state index contributed by atoms with van der Waals surface area (Å²) in [4.78, 5) is 20.7. The molecule has 70 valence electrons. The van der Waals surface area contributed by atoms with Crippen molar-refractivity contribution in [1.29, 1.82) is 0 Å². The van der Waals surface area contributed by atoms with E-state index in [0.717, 1.165) is 0 Å². The van der Waals surface area contributed by atoms with E-state index in [9.17, 15) is 9.59 Å². The van der Waals surface area contributed by atoms with E-state index >= 15 is 0 Å². The zero-order valence-electron chi connectivity index (χ0n) is 7.59. The Balaban J connectivity index is 3.86. The Bertz CT molecular complexity index is 183. The van der Waals surface area contributed by atoms with Gasteiger partial charge in [-0.3, -0.25) is 9.59 Å². The lowest BCUT2D eigenvalue weighted by molar-refractivity contribution is -0.148. The van der Waals surface area contributed by atoms with Gasteiger partial charge in [-0.15, -0.1) is 0 Å². The molecule has 0 saturated heterocycles. The molecule has 4 heteroatoms. The van der Waals surface area contributed by atoms with Gasteiger partial charge in [0, 0.05) is 12.3 Å². The van der Waals surface area contributed by atoms with Crippen LogP contribution < -0.4 is 0 Å². The predicted molar refractivity (Wildman–Crippen MR) is 42.7 cm³/mol. The molecule has 0 bridgehead atoms. The van der Waals surface area contributed by atoms with Crippen LogP contribution in [0.4, 0.5) is 0 Å². The van der Waals surface area contributed by atoms with Crippen LogP contribution in [0, 0.1) is 5.41 Å². The topological polar surface area (TPSA) is 63.6 Å². The van der Waals surface area contributed by atoms with Crippen LogP contribution in [-0.4, -0.2) is 23.7 Å². The van der Waals surface area contributed by atoms with Gasteiger partial charge in [-0.05, 0) is 0 Å². The molecule has 12 heavy (non-hydrogen) atoms. The number of rotatable bonds is 4. The second-order valence-electron chi connectivity index (χ2n) is 3.51. The number of carboxylic acids is 1. The third kappa shape index (κ3) is 5.70. The van der Waals surface area contributed by atoms with Gasteiger partial charge in [0.15, 0.2) is 0 Å². The third-order valence-corrected chi connectivity index (χ3v) is 1.30. The summed E-state index contributed by atoms with van der Waals surface area (Å²) in [5.74, 6) is -1.26. The lowest BCUT2D eigenvalue weighted by atomic mass is 9.91. The summed E-state index contributed by atoms with van der Waals surface area (Å²) >= 11 is 0. The minimum absolute atomic E-state index is 0.000278. The van der Waals surface area contributed by atoms with Crippen molar-refractivity contribution in [2.45, 2.75) is 27.2 Å². The van der Waals surface area contributed by atoms with Crippen LogP contribution in [0.1, 0.15) is 27.2 Å². The molecule has 4 nitrogen and oxygen atoms in total. The van der Waals surface area contributed by atoms with E-state index in [1.165, 1.54) is 6.92 Å². The van der Waals surface area contributed by atoms with E-state index in [2.05, 4.69) is 0 Å². The molecule has 0 saturated carbocycles. The fourth-order valence-corrected chi connectivity index (χ4v) is 0.757. The molecule has 0 atom stereocenters. The Labute approximate surface area is 71.5 Å². The average Bonchev–Trinajstić information content (AvgIpc) is 1.81. The van der Waals surface area contributed by atoms with Crippen molar-refractivity contribution in [3.8, 4) is 0 Å². The van der Waals surface area contributed by atoms with Gasteiger partial charge in [0.25, 0.3) is 0 Å². The van der Waals surface area contributed by atoms with Gasteiger partial charge in [0.05, 0.1) is 13.0 Å². The molecule has 0 spiro atoms. The molecule has 1 N–H and O–H groups in total. The first-order valence-electron chi connectivity index (χ1n) is 3.69. The largest absolute Gasteiger partial charge is 0.481 e. The van der Waals surface area contributed by atoms with Crippen LogP contribution in [0.5, 0.6) is 0 Å². The molecule has 0 aliphatic rings. The van der Waals surface area contributed by atoms with Gasteiger partial charge in [0.2, 0.25) is 0 Å². The summed E-state index contributed by atoms with van der Waals surface area (Å²) in [6, 6.07) is 0. The molecular formula is C8H14O4. The van der Waals surface area contributed by atoms with Gasteiger partial charge >= 0.3 is 11.9 Å². The maximum absolute atomic E-state index is 10.4. The molecule has 0 radical (unpaired) electrons. The van der Waals surface area contributed by atoms with Crippen molar-refractivity contribution in [1.82, 2.24) is 0 Å². The zero-order chi connectivity index (χ0) is 9.78. The van der Waals surface area contributed by atoms with Crippen LogP contribution in [-0.2, 0) is 14.3 Å². The molecule has 0 heterocycles. The third-order valence-electron chi connectivity index (χ3n) is 1.30. The molecule has 0 rings (SSSR count). The van der Waals surface area contributed by atoms with Gasteiger partial charge in [-0.2, -0.15) is 0 Å². The van der Waals surface area contributed by atoms with Crippen LogP contribution >= 0.6 is 0 Å². The minimum Gasteiger partial charge on any atom is -0.481 e. The zero-order valence-corrected chi connectivity index (χ0v) is 7.59. The Kier molecular flexibility index (Phi) is 3.73. The normalized spacial score (nSPS) is 10.9. The second kappa shape index (κ2) is 4.09. The van der Waals surface area contributed by atoms with Crippen molar-refractivity contribution in [2.75, 3.05) is 6.61 Å². The highest BCUT2D eigenvalue weighted by atomic mass is 16.5. The fraction of sp³-hybridized carbons (Fsp3) is 0.750. The van der Waals surface area contributed by atoms with Crippen molar-refractivity contribution in [3.05, 3.63) is 0 Å². The Morgan fingerprint density at radius 2 is 1.92 bits per heavy atom. The number of carbonyl (C=O) groups is 2. The van der Waals surface area contributed by atoms with Crippen molar-refractivity contribution in [3.63, 3.8) is 0 Å². The Hall–Kier alpha value is -1.06. The van der Waals surface area contributed by atoms with E-state index < -0.39 is 11.4 Å². The maximum atomic E-state index is 10.4. The second-order valence-corrected chi connectivity index (χ2v) is 3.51. The van der Waals surface area contributed by atoms with Gasteiger partial charge < -0.3 is 9.84 Å². The lowest BCUT2D eigenvalue weighted by Crippen LogP contribution is -2.24. The number of hydrogen-bond donors (Lipinski definition) is 1. The fourth-order valence-electron chi connectivity index (χ4n) is 0.757. The van der Waals surface area contributed by atoms with E-state index in [-0.39, 0.29) is 19.0 Å². The highest BCUT2D eigenvalue weighted by Crippen LogP contribution is 2.20. The van der Waals surface area contributed by atoms with Gasteiger partial charge in [-0.1, -0.05) is 13.8 Å². The van der Waals surface area contributed by atoms with Crippen LogP contribution in [0.25, 0.3) is 0 Å². The van der Waals surface area contributed by atoms with E-state index in [1.54, 1.807) is 13.8 Å². The summed E-state index contributed by atoms with van der Waals surface area (Å²) in [5.41, 5.74) is -0.489. The van der Waals surface area contributed by atoms with E-state index in [4.69, 9.17) is 9.84 Å². The molecule has 0 amide bonds. The monoisotopic (exact) mass is 174 g/mol. The first kappa shape index (κ1) is 10.9. The smallest absolute Gasteiger partial charge is 0.304 e. The summed E-state index contributed by atoms with van der Waals surface area (Å²) < 4.78 is 4.71. The molecule has 0 fully saturated rings. The maximum Gasteiger partial charge on any atom is 0.304 e. The number of ether oxygens (including phenoxy) is 1. The summed E-state index contributed by atoms with van der Waals surface area (Å²) in [6.45, 7) is 4.93. The van der Waals surface area contributed by atoms with E-state index in [1.807, 2.05) is 0 Å². The lowest BCUT2D eigenvalue weighted by Gasteiger charge is -2.21. The summed E-state index contributed by atoms with van der Waals surface area (Å²) in [6.07, 6.45) is 0.000278. The first-order valence-corrected chi connectivity index (χ1v) is 3.69. The van der Waals surface area contributed by atoms with Crippen LogP contribution in [0.15, 0.2) is 0 Å². The first-order chi connectivity index (χ1) is 5.33. The molecule has 0 aromatic carbocycles. The van der Waals surface area contributed by atoms with Gasteiger partial charge in [-0.25, -0.2) is 0 Å². The van der Waals surface area contributed by atoms with Gasteiger partial charge in [0.1, 0.15) is 0 Å². The molecule has 0 aromatic rings. The average molecular weight is 174 g/mol. The molecule has 0 aliphatic carbocycles. The number of hydrogen-bond acceptors (Lipinski definition) is 3. The predicted octanol–water partition coefficient (Wildman–Crippen LogP) is 1.05. The Morgan fingerprint density at radius 3 is 2.25 bits per heavy atom. The number of carbonyl (C=O) groups excluding carboxylic acids is 1. The number of esters is 1. The molecular weight excluding hydrogens is 160 g/mol. The molecule has 0 aromatic heterocycles. The number of aliphatic carboxylic acids is 1. The highest BCUT2D eigenvalue weighted by molar-refractivity contribution is 5.68. The minimum atomic E-state index is -0.882. The SMILES string of the molecule is CC(=O)OCC(C)(C)CC(=O)O. The van der Waals surface area contributed by atoms with Crippen LogP contribution in [0.3, 0.4) is 0 Å². The highest BCUT2D eigenvalue weighted by Gasteiger charge is 2.22. The Morgan fingerprint density at radius 1 is 1.42 bits per heavy atom. The van der Waals surface area contributed by atoms with Crippen molar-refractivity contribution >= 4 is 11.9 Å². The number of carboxylic acid groups (broad SMARTS) is 1. The summed E-state index contributed by atoms with van der Waals surface area (Å²) in [5, 5.41) is 8.47.